The molecule has 0 radical (unpaired) electrons. The average molecular weight is 324 g/mol. The number of carbonyl (C=O) groups is 1. The summed E-state index contributed by atoms with van der Waals surface area (Å²) in [7, 11) is 1.52. The Morgan fingerprint density at radius 2 is 2.14 bits per heavy atom. The van der Waals surface area contributed by atoms with Gasteiger partial charge in [-0.15, -0.1) is 0 Å². The standard InChI is InChI=1S/C16H22ClN3O2/c1-3-8-20-9-6-13(7-10-20)18-19-16(21)14-11-12(17)4-5-15(14)22-2/h4-5,11H,3,6-10H2,1-2H3,(H,19,21). The minimum absolute atomic E-state index is 0.303. The molecule has 6 heteroatoms. The minimum Gasteiger partial charge on any atom is -0.496 e. The molecule has 5 nitrogen and oxygen atoms in total. The maximum atomic E-state index is 12.2. The molecule has 1 aliphatic heterocycles. The predicted molar refractivity (Wildman–Crippen MR) is 88.9 cm³/mol. The zero-order chi connectivity index (χ0) is 15.9. The molecule has 0 unspecified atom stereocenters. The molecule has 1 heterocycles. The van der Waals surface area contributed by atoms with Crippen molar-refractivity contribution in [3.05, 3.63) is 28.8 Å². The number of ether oxygens (including phenoxy) is 1. The summed E-state index contributed by atoms with van der Waals surface area (Å²) in [5.41, 5.74) is 4.03. The summed E-state index contributed by atoms with van der Waals surface area (Å²) < 4.78 is 5.18. The van der Waals surface area contributed by atoms with Gasteiger partial charge in [0.2, 0.25) is 0 Å². The highest BCUT2D eigenvalue weighted by molar-refractivity contribution is 6.31. The van der Waals surface area contributed by atoms with Crippen LogP contribution in [0.1, 0.15) is 36.5 Å². The SMILES string of the molecule is CCCN1CCC(=NNC(=O)c2cc(Cl)ccc2OC)CC1. The largest absolute Gasteiger partial charge is 0.496 e. The fourth-order valence-corrected chi connectivity index (χ4v) is 2.68. The van der Waals surface area contributed by atoms with Crippen molar-refractivity contribution < 1.29 is 9.53 Å². The van der Waals surface area contributed by atoms with Crippen molar-refractivity contribution in [3.8, 4) is 5.75 Å². The lowest BCUT2D eigenvalue weighted by molar-refractivity contribution is 0.0951. The third-order valence-corrected chi connectivity index (χ3v) is 3.93. The summed E-state index contributed by atoms with van der Waals surface area (Å²) in [4.78, 5) is 14.6. The van der Waals surface area contributed by atoms with Crippen LogP contribution in [0.4, 0.5) is 0 Å². The smallest absolute Gasteiger partial charge is 0.275 e. The van der Waals surface area contributed by atoms with Gasteiger partial charge in [0.25, 0.3) is 5.91 Å². The molecule has 0 bridgehead atoms. The van der Waals surface area contributed by atoms with Crippen LogP contribution in [0, 0.1) is 0 Å². The molecule has 1 fully saturated rings. The number of halogens is 1. The van der Waals surface area contributed by atoms with Gasteiger partial charge < -0.3 is 9.64 Å². The highest BCUT2D eigenvalue weighted by Crippen LogP contribution is 2.22. The second kappa shape index (κ2) is 8.15. The van der Waals surface area contributed by atoms with Crippen molar-refractivity contribution in [2.75, 3.05) is 26.7 Å². The first-order valence-corrected chi connectivity index (χ1v) is 7.93. The van der Waals surface area contributed by atoms with Gasteiger partial charge in [-0.05, 0) is 31.2 Å². The molecule has 0 aromatic heterocycles. The fourth-order valence-electron chi connectivity index (χ4n) is 2.51. The average Bonchev–Trinajstić information content (AvgIpc) is 2.54. The van der Waals surface area contributed by atoms with Crippen LogP contribution in [-0.4, -0.2) is 43.3 Å². The molecular weight excluding hydrogens is 302 g/mol. The van der Waals surface area contributed by atoms with E-state index < -0.39 is 0 Å². The first-order chi connectivity index (χ1) is 10.6. The lowest BCUT2D eigenvalue weighted by Gasteiger charge is -2.26. The second-order valence-corrected chi connectivity index (χ2v) is 5.74. The summed E-state index contributed by atoms with van der Waals surface area (Å²) in [5, 5.41) is 4.74. The monoisotopic (exact) mass is 323 g/mol. The van der Waals surface area contributed by atoms with Crippen LogP contribution in [0.25, 0.3) is 0 Å². The quantitative estimate of drug-likeness (QED) is 0.848. The number of hydrogen-bond donors (Lipinski definition) is 1. The van der Waals surface area contributed by atoms with Crippen molar-refractivity contribution in [1.82, 2.24) is 10.3 Å². The zero-order valence-corrected chi connectivity index (χ0v) is 13.8. The lowest BCUT2D eigenvalue weighted by Crippen LogP contribution is -2.35. The summed E-state index contributed by atoms with van der Waals surface area (Å²) in [6, 6.07) is 4.94. The van der Waals surface area contributed by atoms with Crippen LogP contribution in [0.3, 0.4) is 0 Å². The fraction of sp³-hybridized carbons (Fsp3) is 0.500. The normalized spacial score (nSPS) is 15.5. The molecule has 1 amide bonds. The zero-order valence-electron chi connectivity index (χ0n) is 13.1. The number of benzene rings is 1. The van der Waals surface area contributed by atoms with Gasteiger partial charge in [-0.2, -0.15) is 5.10 Å². The van der Waals surface area contributed by atoms with E-state index in [0.717, 1.165) is 44.6 Å². The first-order valence-electron chi connectivity index (χ1n) is 7.55. The van der Waals surface area contributed by atoms with Crippen molar-refractivity contribution in [2.24, 2.45) is 5.10 Å². The molecule has 1 N–H and O–H groups in total. The van der Waals surface area contributed by atoms with Gasteiger partial charge in [0.05, 0.1) is 12.7 Å². The number of hydrogen-bond acceptors (Lipinski definition) is 4. The molecule has 1 saturated heterocycles. The van der Waals surface area contributed by atoms with Crippen molar-refractivity contribution in [1.29, 1.82) is 0 Å². The number of hydrazone groups is 1. The number of methoxy groups -OCH3 is 1. The van der Waals surface area contributed by atoms with E-state index in [1.807, 2.05) is 0 Å². The predicted octanol–water partition coefficient (Wildman–Crippen LogP) is 2.94. The Bertz CT molecular complexity index is 550. The molecule has 2 rings (SSSR count). The van der Waals surface area contributed by atoms with Crippen LogP contribution in [0.15, 0.2) is 23.3 Å². The number of amides is 1. The lowest BCUT2D eigenvalue weighted by atomic mass is 10.1. The van der Waals surface area contributed by atoms with Gasteiger partial charge in [0, 0.05) is 36.7 Å². The van der Waals surface area contributed by atoms with Crippen molar-refractivity contribution >= 4 is 23.2 Å². The third-order valence-electron chi connectivity index (χ3n) is 3.69. The summed E-state index contributed by atoms with van der Waals surface area (Å²) in [6.07, 6.45) is 2.96. The van der Waals surface area contributed by atoms with Gasteiger partial charge in [0.1, 0.15) is 5.75 Å². The van der Waals surface area contributed by atoms with Crippen LogP contribution in [-0.2, 0) is 0 Å². The minimum atomic E-state index is -0.303. The Hall–Kier alpha value is -1.59. The van der Waals surface area contributed by atoms with E-state index in [4.69, 9.17) is 16.3 Å². The molecular formula is C16H22ClN3O2. The molecule has 0 spiro atoms. The van der Waals surface area contributed by atoms with Crippen LogP contribution >= 0.6 is 11.6 Å². The molecule has 0 saturated carbocycles. The number of nitrogens with one attached hydrogen (secondary N) is 1. The van der Waals surface area contributed by atoms with E-state index >= 15 is 0 Å². The van der Waals surface area contributed by atoms with Crippen LogP contribution in [0.2, 0.25) is 5.02 Å². The van der Waals surface area contributed by atoms with Crippen molar-refractivity contribution in [3.63, 3.8) is 0 Å². The molecule has 22 heavy (non-hydrogen) atoms. The molecule has 1 aromatic carbocycles. The maximum absolute atomic E-state index is 12.2. The number of carbonyl (C=O) groups excluding carboxylic acids is 1. The second-order valence-electron chi connectivity index (χ2n) is 5.31. The Balaban J connectivity index is 1.96. The van der Waals surface area contributed by atoms with Crippen molar-refractivity contribution in [2.45, 2.75) is 26.2 Å². The summed E-state index contributed by atoms with van der Waals surface area (Å²) in [6.45, 7) is 5.31. The van der Waals surface area contributed by atoms with E-state index in [1.165, 1.54) is 7.11 Å². The van der Waals surface area contributed by atoms with E-state index in [9.17, 15) is 4.79 Å². The molecule has 1 aromatic rings. The number of piperidine rings is 1. The van der Waals surface area contributed by atoms with Gasteiger partial charge >= 0.3 is 0 Å². The summed E-state index contributed by atoms with van der Waals surface area (Å²) >= 11 is 5.94. The highest BCUT2D eigenvalue weighted by atomic mass is 35.5. The Labute approximate surface area is 136 Å². The van der Waals surface area contributed by atoms with Crippen LogP contribution < -0.4 is 10.2 Å². The molecule has 0 atom stereocenters. The Morgan fingerprint density at radius 3 is 2.77 bits per heavy atom. The van der Waals surface area contributed by atoms with Gasteiger partial charge in [-0.25, -0.2) is 5.43 Å². The molecule has 1 aliphatic rings. The first kappa shape index (κ1) is 16.8. The van der Waals surface area contributed by atoms with E-state index in [1.54, 1.807) is 18.2 Å². The number of nitrogens with zero attached hydrogens (tertiary/aromatic N) is 2. The van der Waals surface area contributed by atoms with Gasteiger partial charge in [0.15, 0.2) is 0 Å². The third kappa shape index (κ3) is 4.45. The number of likely N-dealkylation sites (tertiary alicyclic amines) is 1. The summed E-state index contributed by atoms with van der Waals surface area (Å²) in [5.74, 6) is 0.183. The topological polar surface area (TPSA) is 53.9 Å². The maximum Gasteiger partial charge on any atom is 0.275 e. The Kier molecular flexibility index (Phi) is 6.21. The molecule has 120 valence electrons. The molecule has 0 aliphatic carbocycles. The van der Waals surface area contributed by atoms with E-state index in [-0.39, 0.29) is 5.91 Å². The number of rotatable bonds is 5. The van der Waals surface area contributed by atoms with Crippen LogP contribution in [0.5, 0.6) is 5.75 Å². The van der Waals surface area contributed by atoms with Gasteiger partial charge in [-0.1, -0.05) is 18.5 Å². The van der Waals surface area contributed by atoms with E-state index in [0.29, 0.717) is 16.3 Å². The Morgan fingerprint density at radius 1 is 1.41 bits per heavy atom. The highest BCUT2D eigenvalue weighted by Gasteiger charge is 2.16. The van der Waals surface area contributed by atoms with Gasteiger partial charge in [-0.3, -0.25) is 4.79 Å². The van der Waals surface area contributed by atoms with E-state index in [2.05, 4.69) is 22.4 Å².